The highest BCUT2D eigenvalue weighted by molar-refractivity contribution is 5.78. The van der Waals surface area contributed by atoms with E-state index in [1.807, 2.05) is 38.1 Å². The first kappa shape index (κ1) is 21.8. The van der Waals surface area contributed by atoms with E-state index in [-0.39, 0.29) is 30.8 Å². The maximum Gasteiger partial charge on any atom is 0.329 e. The summed E-state index contributed by atoms with van der Waals surface area (Å²) in [7, 11) is 0. The molecule has 1 heterocycles. The third-order valence-corrected chi connectivity index (χ3v) is 4.89. The molecule has 1 aliphatic rings. The van der Waals surface area contributed by atoms with Crippen molar-refractivity contribution in [3.05, 3.63) is 65.5 Å². The van der Waals surface area contributed by atoms with Crippen molar-refractivity contribution in [2.75, 3.05) is 6.61 Å². The van der Waals surface area contributed by atoms with Gasteiger partial charge in [-0.05, 0) is 55.7 Å². The van der Waals surface area contributed by atoms with Crippen molar-refractivity contribution in [3.8, 4) is 5.75 Å². The van der Waals surface area contributed by atoms with Crippen molar-refractivity contribution in [2.24, 2.45) is 0 Å². The number of rotatable bonds is 8. The van der Waals surface area contributed by atoms with Crippen LogP contribution in [0.2, 0.25) is 0 Å². The fourth-order valence-electron chi connectivity index (χ4n) is 3.73. The average molecular weight is 415 g/mol. The number of ether oxygens (including phenoxy) is 2. The van der Waals surface area contributed by atoms with Gasteiger partial charge in [-0.15, -0.1) is 0 Å². The van der Waals surface area contributed by atoms with Crippen molar-refractivity contribution >= 4 is 11.9 Å². The van der Waals surface area contributed by atoms with Gasteiger partial charge in [-0.3, -0.25) is 4.79 Å². The molecule has 0 bridgehead atoms. The van der Waals surface area contributed by atoms with Crippen LogP contribution in [0.5, 0.6) is 5.75 Å². The third kappa shape index (κ3) is 5.57. The van der Waals surface area contributed by atoms with Gasteiger partial charge in [0.1, 0.15) is 18.2 Å². The van der Waals surface area contributed by atoms with E-state index in [4.69, 9.17) is 14.6 Å². The Morgan fingerprint density at radius 1 is 1.23 bits per heavy atom. The summed E-state index contributed by atoms with van der Waals surface area (Å²) in [6, 6.07) is 13.0. The molecule has 1 fully saturated rings. The average Bonchev–Trinajstić information content (AvgIpc) is 2.68. The Bertz CT molecular complexity index is 901. The summed E-state index contributed by atoms with van der Waals surface area (Å²) in [6.07, 6.45) is 0.126. The van der Waals surface area contributed by atoms with Crippen LogP contribution in [-0.4, -0.2) is 40.7 Å². The zero-order valence-corrected chi connectivity index (χ0v) is 17.1. The fourth-order valence-corrected chi connectivity index (χ4v) is 3.73. The van der Waals surface area contributed by atoms with Crippen molar-refractivity contribution < 1.29 is 28.6 Å². The lowest BCUT2D eigenvalue weighted by Gasteiger charge is -2.41. The van der Waals surface area contributed by atoms with Crippen molar-refractivity contribution in [2.45, 2.75) is 51.5 Å². The van der Waals surface area contributed by atoms with Crippen LogP contribution in [0, 0.1) is 5.82 Å². The minimum atomic E-state index is -1.07. The molecule has 3 rings (SSSR count). The van der Waals surface area contributed by atoms with Gasteiger partial charge in [-0.25, -0.2) is 9.18 Å². The number of halogens is 1. The number of hydrogen-bond donors (Lipinski definition) is 1. The van der Waals surface area contributed by atoms with Gasteiger partial charge in [0.2, 0.25) is 5.91 Å². The number of carbonyl (C=O) groups excluding carboxylic acids is 1. The molecule has 7 heteroatoms. The normalized spacial score (nSPS) is 19.2. The molecule has 2 atom stereocenters. The first-order chi connectivity index (χ1) is 14.3. The Morgan fingerprint density at radius 2 is 2.00 bits per heavy atom. The molecular weight excluding hydrogens is 389 g/mol. The molecule has 0 saturated carbocycles. The Hall–Kier alpha value is -2.93. The standard InChI is InChI=1S/C23H26FNO5/c1-15(2)30-19-8-4-6-17(12-19)23-20(29-14-22(27)28)9-10-21(26)25(23)13-16-5-3-7-18(24)11-16/h3-8,11-12,15,20,23H,9-10,13-14H2,1-2H3,(H,27,28)/t20-,23+/m0/s1. The summed E-state index contributed by atoms with van der Waals surface area (Å²) in [5.41, 5.74) is 1.44. The number of carboxylic acid groups (broad SMARTS) is 1. The SMILES string of the molecule is CC(C)Oc1cccc([C@@H]2[C@@H](OCC(=O)O)CCC(=O)N2Cc2cccc(F)c2)c1. The number of amides is 1. The van der Waals surface area contributed by atoms with Crippen molar-refractivity contribution in [3.63, 3.8) is 0 Å². The second-order valence-electron chi connectivity index (χ2n) is 7.62. The second-order valence-corrected chi connectivity index (χ2v) is 7.62. The minimum Gasteiger partial charge on any atom is -0.491 e. The summed E-state index contributed by atoms with van der Waals surface area (Å²) < 4.78 is 25.1. The summed E-state index contributed by atoms with van der Waals surface area (Å²) in [4.78, 5) is 25.5. The van der Waals surface area contributed by atoms with Crippen LogP contribution in [0.4, 0.5) is 4.39 Å². The molecule has 1 N–H and O–H groups in total. The van der Waals surface area contributed by atoms with E-state index in [2.05, 4.69) is 0 Å². The Kier molecular flexibility index (Phi) is 7.05. The first-order valence-corrected chi connectivity index (χ1v) is 9.97. The molecule has 0 unspecified atom stereocenters. The number of benzene rings is 2. The largest absolute Gasteiger partial charge is 0.491 e. The van der Waals surface area contributed by atoms with Crippen molar-refractivity contribution in [1.82, 2.24) is 4.90 Å². The Balaban J connectivity index is 1.96. The molecule has 30 heavy (non-hydrogen) atoms. The quantitative estimate of drug-likeness (QED) is 0.707. The van der Waals surface area contributed by atoms with Gasteiger partial charge in [-0.2, -0.15) is 0 Å². The number of nitrogens with zero attached hydrogens (tertiary/aromatic N) is 1. The van der Waals surface area contributed by atoms with E-state index in [9.17, 15) is 14.0 Å². The smallest absolute Gasteiger partial charge is 0.329 e. The van der Waals surface area contributed by atoms with Gasteiger partial charge >= 0.3 is 5.97 Å². The highest BCUT2D eigenvalue weighted by atomic mass is 19.1. The van der Waals surface area contributed by atoms with Crippen LogP contribution in [0.15, 0.2) is 48.5 Å². The van der Waals surface area contributed by atoms with Gasteiger partial charge in [0.15, 0.2) is 0 Å². The van der Waals surface area contributed by atoms with Crippen LogP contribution in [0.3, 0.4) is 0 Å². The summed E-state index contributed by atoms with van der Waals surface area (Å²) in [5, 5.41) is 9.06. The number of carboxylic acids is 1. The van der Waals surface area contributed by atoms with Crippen LogP contribution < -0.4 is 4.74 Å². The molecule has 0 aromatic heterocycles. The summed E-state index contributed by atoms with van der Waals surface area (Å²) in [6.45, 7) is 3.59. The van der Waals surface area contributed by atoms with Gasteiger partial charge in [0.25, 0.3) is 0 Å². The zero-order valence-electron chi connectivity index (χ0n) is 17.1. The lowest BCUT2D eigenvalue weighted by atomic mass is 9.91. The third-order valence-electron chi connectivity index (χ3n) is 4.89. The fraction of sp³-hybridized carbons (Fsp3) is 0.391. The number of carbonyl (C=O) groups is 2. The molecule has 1 aliphatic heterocycles. The Labute approximate surface area is 175 Å². The Morgan fingerprint density at radius 3 is 2.70 bits per heavy atom. The van der Waals surface area contributed by atoms with E-state index in [0.717, 1.165) is 5.56 Å². The lowest BCUT2D eigenvalue weighted by Crippen LogP contribution is -2.46. The highest BCUT2D eigenvalue weighted by Gasteiger charge is 2.38. The van der Waals surface area contributed by atoms with Gasteiger partial charge < -0.3 is 19.5 Å². The van der Waals surface area contributed by atoms with Crippen LogP contribution in [0.1, 0.15) is 43.9 Å². The topological polar surface area (TPSA) is 76.1 Å². The molecule has 1 amide bonds. The van der Waals surface area contributed by atoms with E-state index in [1.54, 1.807) is 17.0 Å². The highest BCUT2D eigenvalue weighted by Crippen LogP contribution is 2.36. The van der Waals surface area contributed by atoms with Gasteiger partial charge in [0.05, 0.1) is 18.2 Å². The molecular formula is C23H26FNO5. The molecule has 0 aliphatic carbocycles. The van der Waals surface area contributed by atoms with E-state index in [1.165, 1.54) is 12.1 Å². The molecule has 0 spiro atoms. The number of likely N-dealkylation sites (tertiary alicyclic amines) is 1. The maximum absolute atomic E-state index is 13.7. The molecule has 160 valence electrons. The summed E-state index contributed by atoms with van der Waals surface area (Å²) >= 11 is 0. The predicted molar refractivity (Wildman–Crippen MR) is 109 cm³/mol. The van der Waals surface area contributed by atoms with Crippen LogP contribution >= 0.6 is 0 Å². The van der Waals surface area contributed by atoms with Crippen molar-refractivity contribution in [1.29, 1.82) is 0 Å². The van der Waals surface area contributed by atoms with Crippen LogP contribution in [-0.2, 0) is 20.9 Å². The maximum atomic E-state index is 13.7. The zero-order chi connectivity index (χ0) is 21.7. The summed E-state index contributed by atoms with van der Waals surface area (Å²) in [5.74, 6) is -0.878. The number of aliphatic carboxylic acids is 1. The van der Waals surface area contributed by atoms with E-state index in [0.29, 0.717) is 17.7 Å². The monoisotopic (exact) mass is 415 g/mol. The van der Waals surface area contributed by atoms with Gasteiger partial charge in [0, 0.05) is 13.0 Å². The van der Waals surface area contributed by atoms with E-state index < -0.39 is 24.7 Å². The minimum absolute atomic E-state index is 0.0179. The second kappa shape index (κ2) is 9.71. The first-order valence-electron chi connectivity index (χ1n) is 9.97. The number of hydrogen-bond acceptors (Lipinski definition) is 4. The van der Waals surface area contributed by atoms with Gasteiger partial charge in [-0.1, -0.05) is 24.3 Å². The lowest BCUT2D eigenvalue weighted by molar-refractivity contribution is -0.154. The molecule has 2 aromatic rings. The predicted octanol–water partition coefficient (Wildman–Crippen LogP) is 3.95. The van der Waals surface area contributed by atoms with E-state index >= 15 is 0 Å². The molecule has 2 aromatic carbocycles. The molecule has 1 saturated heterocycles. The molecule has 0 radical (unpaired) electrons. The molecule has 6 nitrogen and oxygen atoms in total. The number of piperidine rings is 1. The van der Waals surface area contributed by atoms with Crippen LogP contribution in [0.25, 0.3) is 0 Å².